The average molecular weight is 279 g/mol. The number of nitrogens with zero attached hydrogens (tertiary/aromatic N) is 1. The van der Waals surface area contributed by atoms with Gasteiger partial charge in [0.2, 0.25) is 10.0 Å². The van der Waals surface area contributed by atoms with Gasteiger partial charge in [-0.05, 0) is 28.4 Å². The summed E-state index contributed by atoms with van der Waals surface area (Å²) >= 11 is 3.23. The zero-order valence-electron chi connectivity index (χ0n) is 7.91. The third-order valence-corrected chi connectivity index (χ3v) is 4.19. The summed E-state index contributed by atoms with van der Waals surface area (Å²) in [6, 6.07) is 0. The number of pyridine rings is 1. The molecular weight excluding hydrogens is 268 g/mol. The topological polar surface area (TPSA) is 59.1 Å². The standard InChI is InChI=1S/C8H11BrN2O2S/c1-3-11-14(12,13)8-5-10-4-7(9)6(8)2/h4-5,11H,3H2,1-2H3. The van der Waals surface area contributed by atoms with Crippen LogP contribution in [0.3, 0.4) is 0 Å². The molecule has 1 heterocycles. The Morgan fingerprint density at radius 1 is 1.50 bits per heavy atom. The van der Waals surface area contributed by atoms with Crippen molar-refractivity contribution in [3.05, 3.63) is 22.4 Å². The Labute approximate surface area is 91.9 Å². The fraction of sp³-hybridized carbons (Fsp3) is 0.375. The van der Waals surface area contributed by atoms with Crippen LogP contribution in [0.15, 0.2) is 21.8 Å². The summed E-state index contributed by atoms with van der Waals surface area (Å²) in [6.07, 6.45) is 2.92. The minimum atomic E-state index is -3.41. The van der Waals surface area contributed by atoms with Gasteiger partial charge in [-0.25, -0.2) is 13.1 Å². The van der Waals surface area contributed by atoms with E-state index in [1.807, 2.05) is 0 Å². The largest absolute Gasteiger partial charge is 0.262 e. The van der Waals surface area contributed by atoms with Gasteiger partial charge in [0, 0.05) is 23.4 Å². The molecule has 0 saturated carbocycles. The second kappa shape index (κ2) is 4.37. The molecule has 0 aromatic carbocycles. The van der Waals surface area contributed by atoms with Gasteiger partial charge in [-0.15, -0.1) is 0 Å². The van der Waals surface area contributed by atoms with Gasteiger partial charge >= 0.3 is 0 Å². The number of aromatic nitrogens is 1. The molecule has 0 radical (unpaired) electrons. The Morgan fingerprint density at radius 2 is 2.14 bits per heavy atom. The zero-order chi connectivity index (χ0) is 10.8. The van der Waals surface area contributed by atoms with E-state index in [0.717, 1.165) is 0 Å². The van der Waals surface area contributed by atoms with Crippen molar-refractivity contribution in [2.45, 2.75) is 18.7 Å². The lowest BCUT2D eigenvalue weighted by Gasteiger charge is -2.07. The molecule has 0 atom stereocenters. The number of hydrogen-bond acceptors (Lipinski definition) is 3. The van der Waals surface area contributed by atoms with E-state index < -0.39 is 10.0 Å². The summed E-state index contributed by atoms with van der Waals surface area (Å²) in [7, 11) is -3.41. The number of hydrogen-bond donors (Lipinski definition) is 1. The highest BCUT2D eigenvalue weighted by atomic mass is 79.9. The number of nitrogens with one attached hydrogen (secondary N) is 1. The molecule has 0 bridgehead atoms. The molecule has 1 aromatic rings. The van der Waals surface area contributed by atoms with Gasteiger partial charge in [-0.2, -0.15) is 0 Å². The van der Waals surface area contributed by atoms with Crippen LogP contribution in [0.2, 0.25) is 0 Å². The van der Waals surface area contributed by atoms with Crippen molar-refractivity contribution >= 4 is 26.0 Å². The molecule has 0 fully saturated rings. The molecule has 0 aliphatic heterocycles. The van der Waals surface area contributed by atoms with Crippen LogP contribution in [-0.4, -0.2) is 19.9 Å². The molecule has 1 aromatic heterocycles. The van der Waals surface area contributed by atoms with Gasteiger partial charge in [-0.1, -0.05) is 6.92 Å². The lowest BCUT2D eigenvalue weighted by atomic mass is 10.3. The van der Waals surface area contributed by atoms with Crippen molar-refractivity contribution in [3.8, 4) is 0 Å². The Kier molecular flexibility index (Phi) is 3.63. The maximum atomic E-state index is 11.6. The van der Waals surface area contributed by atoms with Crippen molar-refractivity contribution in [2.75, 3.05) is 6.54 Å². The monoisotopic (exact) mass is 278 g/mol. The molecule has 1 N–H and O–H groups in total. The van der Waals surface area contributed by atoms with E-state index in [0.29, 0.717) is 16.6 Å². The Morgan fingerprint density at radius 3 is 2.71 bits per heavy atom. The molecule has 0 unspecified atom stereocenters. The van der Waals surface area contributed by atoms with E-state index in [9.17, 15) is 8.42 Å². The summed E-state index contributed by atoms with van der Waals surface area (Å²) in [4.78, 5) is 4.04. The molecule has 0 amide bonds. The highest BCUT2D eigenvalue weighted by molar-refractivity contribution is 9.10. The lowest BCUT2D eigenvalue weighted by Crippen LogP contribution is -2.24. The molecular formula is C8H11BrN2O2S. The SMILES string of the molecule is CCNS(=O)(=O)c1cncc(Br)c1C. The molecule has 78 valence electrons. The Balaban J connectivity index is 3.27. The normalized spacial score (nSPS) is 11.6. The number of sulfonamides is 1. The average Bonchev–Trinajstić information content (AvgIpc) is 2.09. The minimum absolute atomic E-state index is 0.216. The first kappa shape index (κ1) is 11.6. The fourth-order valence-corrected chi connectivity index (χ4v) is 2.73. The van der Waals surface area contributed by atoms with Gasteiger partial charge in [-0.3, -0.25) is 4.98 Å². The highest BCUT2D eigenvalue weighted by Gasteiger charge is 2.16. The first-order valence-corrected chi connectivity index (χ1v) is 6.36. The molecule has 4 nitrogen and oxygen atoms in total. The molecule has 0 spiro atoms. The minimum Gasteiger partial charge on any atom is -0.262 e. The molecule has 0 aliphatic carbocycles. The van der Waals surface area contributed by atoms with Gasteiger partial charge in [0.1, 0.15) is 4.90 Å². The van der Waals surface area contributed by atoms with Crippen LogP contribution in [0.4, 0.5) is 0 Å². The maximum absolute atomic E-state index is 11.6. The van der Waals surface area contributed by atoms with Crippen LogP contribution in [-0.2, 0) is 10.0 Å². The molecule has 1 rings (SSSR count). The maximum Gasteiger partial charge on any atom is 0.242 e. The third-order valence-electron chi connectivity index (χ3n) is 1.73. The quantitative estimate of drug-likeness (QED) is 0.911. The van der Waals surface area contributed by atoms with Crippen LogP contribution < -0.4 is 4.72 Å². The van der Waals surface area contributed by atoms with E-state index in [-0.39, 0.29) is 4.90 Å². The summed E-state index contributed by atoms with van der Waals surface area (Å²) in [5, 5.41) is 0. The smallest absolute Gasteiger partial charge is 0.242 e. The summed E-state index contributed by atoms with van der Waals surface area (Å²) in [5.41, 5.74) is 0.668. The first-order chi connectivity index (χ1) is 6.49. The van der Waals surface area contributed by atoms with Crippen LogP contribution in [0.5, 0.6) is 0 Å². The van der Waals surface area contributed by atoms with Gasteiger partial charge < -0.3 is 0 Å². The van der Waals surface area contributed by atoms with E-state index in [1.54, 1.807) is 20.0 Å². The first-order valence-electron chi connectivity index (χ1n) is 4.08. The predicted octanol–water partition coefficient (Wildman–Crippen LogP) is 1.45. The van der Waals surface area contributed by atoms with E-state index in [2.05, 4.69) is 25.6 Å². The van der Waals surface area contributed by atoms with Crippen molar-refractivity contribution in [1.29, 1.82) is 0 Å². The second-order valence-electron chi connectivity index (χ2n) is 2.75. The Hall–Kier alpha value is -0.460. The van der Waals surface area contributed by atoms with E-state index >= 15 is 0 Å². The molecule has 0 saturated heterocycles. The number of halogens is 1. The van der Waals surface area contributed by atoms with Gasteiger partial charge in [0.25, 0.3) is 0 Å². The molecule has 6 heteroatoms. The third kappa shape index (κ3) is 2.31. The van der Waals surface area contributed by atoms with Crippen LogP contribution in [0.25, 0.3) is 0 Å². The Bertz CT molecular complexity index is 431. The predicted molar refractivity (Wildman–Crippen MR) is 57.5 cm³/mol. The second-order valence-corrected chi connectivity index (χ2v) is 5.34. The van der Waals surface area contributed by atoms with Crippen LogP contribution >= 0.6 is 15.9 Å². The van der Waals surface area contributed by atoms with Gasteiger partial charge in [0.15, 0.2) is 0 Å². The zero-order valence-corrected chi connectivity index (χ0v) is 10.3. The van der Waals surface area contributed by atoms with Crippen molar-refractivity contribution in [1.82, 2.24) is 9.71 Å². The highest BCUT2D eigenvalue weighted by Crippen LogP contribution is 2.21. The van der Waals surface area contributed by atoms with Crippen molar-refractivity contribution < 1.29 is 8.42 Å². The van der Waals surface area contributed by atoms with Crippen LogP contribution in [0.1, 0.15) is 12.5 Å². The van der Waals surface area contributed by atoms with E-state index in [4.69, 9.17) is 0 Å². The summed E-state index contributed by atoms with van der Waals surface area (Å²) < 4.78 is 26.4. The van der Waals surface area contributed by atoms with E-state index in [1.165, 1.54) is 6.20 Å². The summed E-state index contributed by atoms with van der Waals surface area (Å²) in [6.45, 7) is 3.84. The van der Waals surface area contributed by atoms with Crippen molar-refractivity contribution in [2.24, 2.45) is 0 Å². The number of rotatable bonds is 3. The molecule has 0 aliphatic rings. The summed E-state index contributed by atoms with van der Waals surface area (Å²) in [5.74, 6) is 0. The van der Waals surface area contributed by atoms with Crippen LogP contribution in [0, 0.1) is 6.92 Å². The molecule has 14 heavy (non-hydrogen) atoms. The van der Waals surface area contributed by atoms with Crippen molar-refractivity contribution in [3.63, 3.8) is 0 Å². The van der Waals surface area contributed by atoms with Gasteiger partial charge in [0.05, 0.1) is 0 Å². The fourth-order valence-electron chi connectivity index (χ4n) is 1.02. The lowest BCUT2D eigenvalue weighted by molar-refractivity contribution is 0.582.